The maximum Gasteiger partial charge on any atom is 0.225 e. The van der Waals surface area contributed by atoms with E-state index in [-0.39, 0.29) is 11.7 Å². The molecule has 0 fully saturated rings. The van der Waals surface area contributed by atoms with Gasteiger partial charge >= 0.3 is 0 Å². The number of hydrogen-bond donors (Lipinski definition) is 1. The number of anilines is 1. The summed E-state index contributed by atoms with van der Waals surface area (Å²) in [6.07, 6.45) is 0.333. The van der Waals surface area contributed by atoms with Gasteiger partial charge in [0.15, 0.2) is 0 Å². The molecule has 110 valence electrons. The van der Waals surface area contributed by atoms with Gasteiger partial charge in [-0.3, -0.25) is 4.79 Å². The summed E-state index contributed by atoms with van der Waals surface area (Å²) in [6.45, 7) is 1.99. The molecule has 0 radical (unpaired) electrons. The highest BCUT2D eigenvalue weighted by Crippen LogP contribution is 2.24. The predicted octanol–water partition coefficient (Wildman–Crippen LogP) is 5.02. The molecule has 2 rings (SSSR count). The van der Waals surface area contributed by atoms with Gasteiger partial charge in [-0.05, 0) is 52.7 Å². The minimum Gasteiger partial charge on any atom is -0.325 e. The van der Waals surface area contributed by atoms with E-state index in [4.69, 9.17) is 0 Å². The fourth-order valence-corrected chi connectivity index (χ4v) is 3.23. The summed E-state index contributed by atoms with van der Waals surface area (Å²) in [5, 5.41) is 2.85. The molecule has 0 heterocycles. The van der Waals surface area contributed by atoms with Gasteiger partial charge in [-0.1, -0.05) is 18.2 Å². The van der Waals surface area contributed by atoms with Gasteiger partial charge in [-0.15, -0.1) is 11.8 Å². The fourth-order valence-electron chi connectivity index (χ4n) is 1.75. The lowest BCUT2D eigenvalue weighted by Gasteiger charge is -2.08. The average molecular weight is 368 g/mol. The monoisotopic (exact) mass is 367 g/mol. The summed E-state index contributed by atoms with van der Waals surface area (Å²) in [5.74, 6) is 0.212. The van der Waals surface area contributed by atoms with E-state index in [2.05, 4.69) is 21.2 Å². The highest BCUT2D eigenvalue weighted by atomic mass is 79.9. The molecule has 2 aromatic rings. The molecule has 0 spiro atoms. The van der Waals surface area contributed by atoms with Crippen molar-refractivity contribution < 1.29 is 9.18 Å². The van der Waals surface area contributed by atoms with Crippen LogP contribution in [0.2, 0.25) is 0 Å². The normalized spacial score (nSPS) is 10.4. The van der Waals surface area contributed by atoms with Crippen LogP contribution in [-0.4, -0.2) is 11.7 Å². The van der Waals surface area contributed by atoms with Gasteiger partial charge in [0.1, 0.15) is 5.82 Å². The largest absolute Gasteiger partial charge is 0.325 e. The first-order valence-electron chi connectivity index (χ1n) is 6.49. The number of carbonyl (C=O) groups is 1. The number of halogens is 2. The molecular weight excluding hydrogens is 353 g/mol. The summed E-state index contributed by atoms with van der Waals surface area (Å²) >= 11 is 4.77. The number of benzene rings is 2. The topological polar surface area (TPSA) is 29.1 Å². The van der Waals surface area contributed by atoms with E-state index >= 15 is 0 Å². The molecule has 0 saturated carbocycles. The van der Waals surface area contributed by atoms with Gasteiger partial charge in [0.25, 0.3) is 0 Å². The van der Waals surface area contributed by atoms with E-state index in [1.165, 1.54) is 17.8 Å². The molecular formula is C16H15BrFNOS. The van der Waals surface area contributed by atoms with Crippen molar-refractivity contribution in [3.05, 3.63) is 58.3 Å². The number of hydrogen-bond acceptors (Lipinski definition) is 2. The second kappa shape index (κ2) is 7.61. The molecule has 5 heteroatoms. The second-order valence-electron chi connectivity index (χ2n) is 4.56. The molecule has 1 N–H and O–H groups in total. The van der Waals surface area contributed by atoms with E-state index in [0.717, 1.165) is 15.7 Å². The third kappa shape index (κ3) is 4.86. The molecule has 0 saturated heterocycles. The zero-order valence-electron chi connectivity index (χ0n) is 11.5. The van der Waals surface area contributed by atoms with E-state index in [0.29, 0.717) is 17.1 Å². The molecule has 0 bridgehead atoms. The van der Waals surface area contributed by atoms with Crippen LogP contribution in [0.5, 0.6) is 0 Å². The van der Waals surface area contributed by atoms with Crippen LogP contribution in [0.25, 0.3) is 0 Å². The Bertz CT molecular complexity index is 648. The predicted molar refractivity (Wildman–Crippen MR) is 89.2 cm³/mol. The van der Waals surface area contributed by atoms with Gasteiger partial charge in [0.2, 0.25) is 5.91 Å². The van der Waals surface area contributed by atoms with Gasteiger partial charge in [0, 0.05) is 21.5 Å². The lowest BCUT2D eigenvalue weighted by Crippen LogP contribution is -2.12. The van der Waals surface area contributed by atoms with E-state index in [1.807, 2.05) is 25.1 Å². The Morgan fingerprint density at radius 3 is 2.76 bits per heavy atom. The second-order valence-corrected chi connectivity index (χ2v) is 6.55. The van der Waals surface area contributed by atoms with Crippen molar-refractivity contribution in [3.8, 4) is 0 Å². The Hall–Kier alpha value is -1.33. The molecule has 0 aliphatic heterocycles. The van der Waals surface area contributed by atoms with Crippen LogP contribution in [0.3, 0.4) is 0 Å². The quantitative estimate of drug-likeness (QED) is 0.751. The molecule has 0 aliphatic carbocycles. The number of amides is 1. The molecule has 0 aliphatic rings. The van der Waals surface area contributed by atoms with Gasteiger partial charge in [-0.2, -0.15) is 0 Å². The van der Waals surface area contributed by atoms with Crippen molar-refractivity contribution in [2.75, 3.05) is 11.1 Å². The maximum atomic E-state index is 13.4. The molecule has 2 aromatic carbocycles. The number of nitrogens with one attached hydrogen (secondary N) is 1. The van der Waals surface area contributed by atoms with Crippen LogP contribution in [0, 0.1) is 12.7 Å². The molecule has 21 heavy (non-hydrogen) atoms. The van der Waals surface area contributed by atoms with Crippen molar-refractivity contribution in [2.45, 2.75) is 18.2 Å². The molecule has 0 aromatic heterocycles. The van der Waals surface area contributed by atoms with Gasteiger partial charge in [-0.25, -0.2) is 4.39 Å². The summed E-state index contributed by atoms with van der Waals surface area (Å²) in [4.78, 5) is 12.5. The van der Waals surface area contributed by atoms with E-state index < -0.39 is 0 Å². The lowest BCUT2D eigenvalue weighted by molar-refractivity contribution is -0.115. The highest BCUT2D eigenvalue weighted by molar-refractivity contribution is 9.10. The molecule has 0 unspecified atom stereocenters. The van der Waals surface area contributed by atoms with Gasteiger partial charge in [0.05, 0.1) is 5.69 Å². The van der Waals surface area contributed by atoms with Crippen molar-refractivity contribution in [3.63, 3.8) is 0 Å². The molecule has 2 nitrogen and oxygen atoms in total. The highest BCUT2D eigenvalue weighted by Gasteiger charge is 2.07. The first kappa shape index (κ1) is 16.0. The van der Waals surface area contributed by atoms with Crippen molar-refractivity contribution in [2.24, 2.45) is 0 Å². The average Bonchev–Trinajstić information content (AvgIpc) is 2.44. The minimum atomic E-state index is -0.246. The molecule has 1 amide bonds. The summed E-state index contributed by atoms with van der Waals surface area (Å²) in [7, 11) is 0. The van der Waals surface area contributed by atoms with Crippen LogP contribution in [-0.2, 0) is 4.79 Å². The maximum absolute atomic E-state index is 13.4. The first-order chi connectivity index (χ1) is 10.1. The third-order valence-electron chi connectivity index (χ3n) is 2.82. The third-order valence-corrected chi connectivity index (χ3v) is 4.53. The fraction of sp³-hybridized carbons (Fsp3) is 0.188. The van der Waals surface area contributed by atoms with Gasteiger partial charge < -0.3 is 5.32 Å². The zero-order valence-corrected chi connectivity index (χ0v) is 13.9. The number of rotatable bonds is 5. The Morgan fingerprint density at radius 2 is 2.05 bits per heavy atom. The number of carbonyl (C=O) groups excluding carboxylic acids is 1. The number of aryl methyl sites for hydroxylation is 1. The van der Waals surface area contributed by atoms with Crippen molar-refractivity contribution >= 4 is 39.3 Å². The van der Waals surface area contributed by atoms with Crippen LogP contribution in [0.1, 0.15) is 12.0 Å². The SMILES string of the molecule is Cc1ccc(NC(=O)CCSc2ccccc2F)c(Br)c1. The van der Waals surface area contributed by atoms with E-state index in [1.54, 1.807) is 18.2 Å². The molecule has 0 atom stereocenters. The van der Waals surface area contributed by atoms with Crippen LogP contribution in [0.4, 0.5) is 10.1 Å². The van der Waals surface area contributed by atoms with Crippen molar-refractivity contribution in [1.29, 1.82) is 0 Å². The summed E-state index contributed by atoms with van der Waals surface area (Å²) in [5.41, 5.74) is 1.87. The van der Waals surface area contributed by atoms with Crippen LogP contribution in [0.15, 0.2) is 51.8 Å². The zero-order chi connectivity index (χ0) is 15.2. The van der Waals surface area contributed by atoms with E-state index in [9.17, 15) is 9.18 Å². The smallest absolute Gasteiger partial charge is 0.225 e. The summed E-state index contributed by atoms with van der Waals surface area (Å²) in [6, 6.07) is 12.3. The Labute approximate surface area is 136 Å². The van der Waals surface area contributed by atoms with Crippen LogP contribution >= 0.6 is 27.7 Å². The first-order valence-corrected chi connectivity index (χ1v) is 8.27. The minimum absolute atomic E-state index is 0.0802. The lowest BCUT2D eigenvalue weighted by atomic mass is 10.2. The Kier molecular flexibility index (Phi) is 5.82. The summed E-state index contributed by atoms with van der Waals surface area (Å²) < 4.78 is 14.3. The van der Waals surface area contributed by atoms with Crippen molar-refractivity contribution in [1.82, 2.24) is 0 Å². The van der Waals surface area contributed by atoms with Crippen LogP contribution < -0.4 is 5.32 Å². The standard InChI is InChI=1S/C16H15BrFNOS/c1-11-6-7-14(12(17)10-11)19-16(20)8-9-21-15-5-3-2-4-13(15)18/h2-7,10H,8-9H2,1H3,(H,19,20). The Morgan fingerprint density at radius 1 is 1.29 bits per heavy atom. The number of thioether (sulfide) groups is 1. The Balaban J connectivity index is 1.84.